The summed E-state index contributed by atoms with van der Waals surface area (Å²) in [6.07, 6.45) is 1.24. The average Bonchev–Trinajstić information content (AvgIpc) is 2.89. The lowest BCUT2D eigenvalue weighted by molar-refractivity contribution is 0.102. The highest BCUT2D eigenvalue weighted by Crippen LogP contribution is 2.29. The third kappa shape index (κ3) is 4.30. The van der Waals surface area contributed by atoms with E-state index in [-0.39, 0.29) is 18.2 Å². The Morgan fingerprint density at radius 3 is 2.67 bits per heavy atom. The fourth-order valence-electron chi connectivity index (χ4n) is 1.57. The molecule has 2 aromatic rings. The summed E-state index contributed by atoms with van der Waals surface area (Å²) in [6, 6.07) is 9.36. The van der Waals surface area contributed by atoms with E-state index < -0.39 is 6.09 Å². The Labute approximate surface area is 130 Å². The summed E-state index contributed by atoms with van der Waals surface area (Å²) < 4.78 is 5.83. The number of hydrogen-bond acceptors (Lipinski definition) is 6. The second-order valence-electron chi connectivity index (χ2n) is 4.10. The van der Waals surface area contributed by atoms with Gasteiger partial charge in [0.05, 0.1) is 0 Å². The van der Waals surface area contributed by atoms with Crippen molar-refractivity contribution in [2.45, 2.75) is 17.9 Å². The zero-order valence-corrected chi connectivity index (χ0v) is 13.2. The second-order valence-corrected chi connectivity index (χ2v) is 6.16. The maximum absolute atomic E-state index is 11.8. The van der Waals surface area contributed by atoms with Gasteiger partial charge in [-0.25, -0.2) is 9.78 Å². The van der Waals surface area contributed by atoms with Gasteiger partial charge >= 0.3 is 6.09 Å². The van der Waals surface area contributed by atoms with Crippen molar-refractivity contribution in [2.75, 3.05) is 11.6 Å². The van der Waals surface area contributed by atoms with Crippen LogP contribution in [0.2, 0.25) is 0 Å². The first-order valence-electron chi connectivity index (χ1n) is 6.13. The lowest BCUT2D eigenvalue weighted by atomic mass is 10.2. The number of amides is 1. The Hall–Kier alpha value is -1.86. The Kier molecular flexibility index (Phi) is 5.35. The maximum Gasteiger partial charge on any atom is 0.413 e. The van der Waals surface area contributed by atoms with Gasteiger partial charge in [0.1, 0.15) is 11.5 Å². The minimum atomic E-state index is -0.626. The monoisotopic (exact) mass is 322 g/mol. The molecule has 0 atom stereocenters. The molecule has 1 aromatic heterocycles. The summed E-state index contributed by atoms with van der Waals surface area (Å²) in [5.41, 5.74) is 0.891. The highest BCUT2D eigenvalue weighted by Gasteiger charge is 2.17. The Bertz CT molecular complexity index is 641. The van der Waals surface area contributed by atoms with E-state index in [2.05, 4.69) is 10.3 Å². The van der Waals surface area contributed by atoms with Crippen molar-refractivity contribution in [3.63, 3.8) is 0 Å². The first-order valence-corrected chi connectivity index (χ1v) is 8.17. The summed E-state index contributed by atoms with van der Waals surface area (Å²) in [7, 11) is 0. The van der Waals surface area contributed by atoms with E-state index in [9.17, 15) is 9.59 Å². The van der Waals surface area contributed by atoms with Crippen LogP contribution < -0.4 is 5.32 Å². The molecular formula is C14H14N2O3S2. The third-order valence-corrected chi connectivity index (χ3v) is 4.68. The van der Waals surface area contributed by atoms with Crippen LogP contribution in [0, 0.1) is 0 Å². The molecule has 2 rings (SSSR count). The molecule has 0 bridgehead atoms. The molecule has 21 heavy (non-hydrogen) atoms. The number of thioether (sulfide) groups is 1. The molecule has 0 fully saturated rings. The number of nitrogens with zero attached hydrogens (tertiary/aromatic N) is 1. The molecule has 0 unspecified atom stereocenters. The number of carbonyl (C=O) groups is 2. The van der Waals surface area contributed by atoms with Crippen LogP contribution in [0.3, 0.4) is 0 Å². The lowest BCUT2D eigenvalue weighted by Gasteiger charge is -2.06. The zero-order chi connectivity index (χ0) is 15.2. The van der Waals surface area contributed by atoms with E-state index in [4.69, 9.17) is 4.74 Å². The summed E-state index contributed by atoms with van der Waals surface area (Å²) in [5.74, 6) is 0.126. The van der Waals surface area contributed by atoms with Gasteiger partial charge in [0.2, 0.25) is 0 Å². The van der Waals surface area contributed by atoms with Gasteiger partial charge < -0.3 is 4.74 Å². The van der Waals surface area contributed by atoms with Crippen LogP contribution >= 0.6 is 23.1 Å². The number of thiazole rings is 1. The lowest BCUT2D eigenvalue weighted by Crippen LogP contribution is -2.15. The fourth-order valence-corrected chi connectivity index (χ4v) is 2.98. The van der Waals surface area contributed by atoms with Crippen molar-refractivity contribution in [2.24, 2.45) is 0 Å². The number of aromatic nitrogens is 1. The van der Waals surface area contributed by atoms with E-state index >= 15 is 0 Å². The Morgan fingerprint density at radius 1 is 1.33 bits per heavy atom. The van der Waals surface area contributed by atoms with E-state index in [0.717, 1.165) is 9.90 Å². The zero-order valence-electron chi connectivity index (χ0n) is 11.6. The molecule has 0 saturated heterocycles. The van der Waals surface area contributed by atoms with Crippen LogP contribution in [0.15, 0.2) is 34.7 Å². The van der Waals surface area contributed by atoms with Gasteiger partial charge in [0.25, 0.3) is 0 Å². The molecule has 1 aromatic carbocycles. The summed E-state index contributed by atoms with van der Waals surface area (Å²) >= 11 is 2.68. The smallest absolute Gasteiger partial charge is 0.413 e. The Balaban J connectivity index is 1.99. The van der Waals surface area contributed by atoms with Crippen molar-refractivity contribution in [3.8, 4) is 0 Å². The maximum atomic E-state index is 11.8. The average molecular weight is 322 g/mol. The van der Waals surface area contributed by atoms with Crippen molar-refractivity contribution in [3.05, 3.63) is 40.8 Å². The number of ketones is 1. The number of rotatable bonds is 5. The predicted molar refractivity (Wildman–Crippen MR) is 84.1 cm³/mol. The van der Waals surface area contributed by atoms with Crippen LogP contribution in [-0.4, -0.2) is 23.1 Å². The SMILES string of the molecule is CSc1nc(NC(=O)OCc2ccccc2)c(C(C)=O)s1. The van der Waals surface area contributed by atoms with Crippen molar-refractivity contribution in [1.82, 2.24) is 4.98 Å². The van der Waals surface area contributed by atoms with Crippen molar-refractivity contribution < 1.29 is 14.3 Å². The molecule has 0 radical (unpaired) electrons. The van der Waals surface area contributed by atoms with Gasteiger partial charge in [-0.1, -0.05) is 42.1 Å². The number of hydrogen-bond donors (Lipinski definition) is 1. The standard InChI is InChI=1S/C14H14N2O3S2/c1-9(17)11-12(16-14(20-2)21-11)15-13(18)19-8-10-6-4-3-5-7-10/h3-7H,8H2,1-2H3,(H,15,18). The van der Waals surface area contributed by atoms with Crippen LogP contribution in [-0.2, 0) is 11.3 Å². The molecular weight excluding hydrogens is 308 g/mol. The molecule has 0 aliphatic rings. The molecule has 1 amide bonds. The molecule has 0 aliphatic carbocycles. The first-order chi connectivity index (χ1) is 10.1. The number of benzene rings is 1. The minimum absolute atomic E-state index is 0.133. The topological polar surface area (TPSA) is 68.3 Å². The van der Waals surface area contributed by atoms with Crippen LogP contribution in [0.4, 0.5) is 10.6 Å². The number of anilines is 1. The predicted octanol–water partition coefficient (Wildman–Crippen LogP) is 3.82. The van der Waals surface area contributed by atoms with Crippen molar-refractivity contribution >= 4 is 40.8 Å². The fraction of sp³-hybridized carbons (Fsp3) is 0.214. The van der Waals surface area contributed by atoms with Gasteiger partial charge in [0, 0.05) is 6.92 Å². The Morgan fingerprint density at radius 2 is 2.05 bits per heavy atom. The van der Waals surface area contributed by atoms with Gasteiger partial charge in [-0.05, 0) is 11.8 Å². The van der Waals surface area contributed by atoms with Crippen LogP contribution in [0.25, 0.3) is 0 Å². The normalized spacial score (nSPS) is 10.2. The first kappa shape index (κ1) is 15.5. The van der Waals surface area contributed by atoms with E-state index in [1.807, 2.05) is 36.6 Å². The largest absolute Gasteiger partial charge is 0.444 e. The van der Waals surface area contributed by atoms with Crippen LogP contribution in [0.1, 0.15) is 22.2 Å². The molecule has 0 saturated carbocycles. The second kappa shape index (κ2) is 7.24. The van der Waals surface area contributed by atoms with Gasteiger partial charge in [0.15, 0.2) is 15.9 Å². The summed E-state index contributed by atoms with van der Waals surface area (Å²) in [4.78, 5) is 27.9. The minimum Gasteiger partial charge on any atom is -0.444 e. The summed E-state index contributed by atoms with van der Waals surface area (Å²) in [6.45, 7) is 1.61. The number of nitrogens with one attached hydrogen (secondary N) is 1. The number of carbonyl (C=O) groups excluding carboxylic acids is 2. The van der Waals surface area contributed by atoms with E-state index in [0.29, 0.717) is 4.88 Å². The molecule has 0 spiro atoms. The molecule has 7 heteroatoms. The molecule has 1 heterocycles. The number of ether oxygens (including phenoxy) is 1. The van der Waals surface area contributed by atoms with E-state index in [1.165, 1.54) is 30.0 Å². The third-order valence-electron chi connectivity index (χ3n) is 2.54. The molecule has 0 aliphatic heterocycles. The molecule has 110 valence electrons. The van der Waals surface area contributed by atoms with Crippen molar-refractivity contribution in [1.29, 1.82) is 0 Å². The molecule has 1 N–H and O–H groups in total. The summed E-state index contributed by atoms with van der Waals surface area (Å²) in [5, 5.41) is 2.52. The number of Topliss-reactive ketones (excluding diaryl/α,β-unsaturated/α-hetero) is 1. The molecule has 5 nitrogen and oxygen atoms in total. The quantitative estimate of drug-likeness (QED) is 0.669. The van der Waals surface area contributed by atoms with Crippen LogP contribution in [0.5, 0.6) is 0 Å². The van der Waals surface area contributed by atoms with Gasteiger partial charge in [-0.15, -0.1) is 11.3 Å². The van der Waals surface area contributed by atoms with Gasteiger partial charge in [-0.2, -0.15) is 0 Å². The van der Waals surface area contributed by atoms with E-state index in [1.54, 1.807) is 0 Å². The highest BCUT2D eigenvalue weighted by molar-refractivity contribution is 8.00. The van der Waals surface area contributed by atoms with Gasteiger partial charge in [-0.3, -0.25) is 10.1 Å². The highest BCUT2D eigenvalue weighted by atomic mass is 32.2.